The molecular formula is C21H29N3O5S. The molecule has 1 aromatic heterocycles. The summed E-state index contributed by atoms with van der Waals surface area (Å²) in [4.78, 5) is 27.8. The molecule has 0 saturated carbocycles. The molecule has 0 atom stereocenters. The smallest absolute Gasteiger partial charge is 0.289 e. The van der Waals surface area contributed by atoms with E-state index in [0.29, 0.717) is 18.7 Å². The Morgan fingerprint density at radius 2 is 1.60 bits per heavy atom. The van der Waals surface area contributed by atoms with Gasteiger partial charge in [0.2, 0.25) is 5.09 Å². The third-order valence-corrected chi connectivity index (χ3v) is 5.78. The predicted molar refractivity (Wildman–Crippen MR) is 114 cm³/mol. The van der Waals surface area contributed by atoms with Gasteiger partial charge in [0.25, 0.3) is 21.8 Å². The van der Waals surface area contributed by atoms with Crippen molar-refractivity contribution in [2.45, 2.75) is 44.9 Å². The first kappa shape index (κ1) is 23.6. The van der Waals surface area contributed by atoms with Crippen molar-refractivity contribution >= 4 is 21.8 Å². The summed E-state index contributed by atoms with van der Waals surface area (Å²) in [7, 11) is -0.499. The van der Waals surface area contributed by atoms with Gasteiger partial charge in [-0.25, -0.2) is 13.1 Å². The molecule has 0 radical (unpaired) electrons. The molecule has 0 aliphatic carbocycles. The lowest BCUT2D eigenvalue weighted by atomic mass is 10.1. The minimum absolute atomic E-state index is 0.0504. The van der Waals surface area contributed by atoms with Crippen LogP contribution in [-0.2, 0) is 16.6 Å². The highest BCUT2D eigenvalue weighted by Gasteiger charge is 2.27. The van der Waals surface area contributed by atoms with Crippen molar-refractivity contribution in [2.24, 2.45) is 0 Å². The summed E-state index contributed by atoms with van der Waals surface area (Å²) in [5.41, 5.74) is 0.727. The van der Waals surface area contributed by atoms with Crippen LogP contribution in [0.25, 0.3) is 0 Å². The highest BCUT2D eigenvalue weighted by Crippen LogP contribution is 2.19. The zero-order valence-corrected chi connectivity index (χ0v) is 19.0. The molecule has 0 spiro atoms. The van der Waals surface area contributed by atoms with Crippen LogP contribution in [0.4, 0.5) is 0 Å². The minimum atomic E-state index is -3.87. The number of rotatable bonds is 7. The van der Waals surface area contributed by atoms with E-state index in [2.05, 4.69) is 4.72 Å². The van der Waals surface area contributed by atoms with Crippen LogP contribution in [0.3, 0.4) is 0 Å². The standard InChI is InChI=1S/C21H29N3O5S/c1-7-24(14-15-8-10-16(11-9-15)19(25)23(5)6)20(26)17-12-13-18(29-17)30(27,28)22-21(2,3)4/h8-13,22H,7,14H2,1-6H3. The van der Waals surface area contributed by atoms with Crippen molar-refractivity contribution in [3.8, 4) is 0 Å². The number of carbonyl (C=O) groups excluding carboxylic acids is 2. The Kier molecular flexibility index (Phi) is 7.10. The van der Waals surface area contributed by atoms with Gasteiger partial charge in [0, 0.05) is 38.3 Å². The Hall–Kier alpha value is -2.65. The van der Waals surface area contributed by atoms with E-state index in [1.807, 2.05) is 6.92 Å². The van der Waals surface area contributed by atoms with Gasteiger partial charge in [0.05, 0.1) is 0 Å². The predicted octanol–water partition coefficient (Wildman–Crippen LogP) is 2.72. The Bertz CT molecular complexity index is 1000. The zero-order chi connectivity index (χ0) is 22.7. The van der Waals surface area contributed by atoms with Crippen molar-refractivity contribution in [3.05, 3.63) is 53.3 Å². The van der Waals surface area contributed by atoms with E-state index in [9.17, 15) is 18.0 Å². The SMILES string of the molecule is CCN(Cc1ccc(C(=O)N(C)C)cc1)C(=O)c1ccc(S(=O)(=O)NC(C)(C)C)o1. The first-order chi connectivity index (χ1) is 13.8. The van der Waals surface area contributed by atoms with Gasteiger partial charge < -0.3 is 14.2 Å². The minimum Gasteiger partial charge on any atom is -0.438 e. The summed E-state index contributed by atoms with van der Waals surface area (Å²) in [5, 5.41) is -0.302. The average molecular weight is 436 g/mol. The van der Waals surface area contributed by atoms with E-state index in [1.165, 1.54) is 21.9 Å². The second-order valence-corrected chi connectivity index (χ2v) is 9.80. The number of nitrogens with one attached hydrogen (secondary N) is 1. The monoisotopic (exact) mass is 435 g/mol. The molecule has 0 fully saturated rings. The molecule has 2 rings (SSSR count). The Balaban J connectivity index is 2.16. The number of nitrogens with zero attached hydrogens (tertiary/aromatic N) is 2. The normalized spacial score (nSPS) is 11.9. The van der Waals surface area contributed by atoms with Crippen molar-refractivity contribution in [2.75, 3.05) is 20.6 Å². The first-order valence-corrected chi connectivity index (χ1v) is 11.1. The number of furan rings is 1. The lowest BCUT2D eigenvalue weighted by Crippen LogP contribution is -2.40. The van der Waals surface area contributed by atoms with Gasteiger partial charge in [0.1, 0.15) is 0 Å². The average Bonchev–Trinajstić information content (AvgIpc) is 3.14. The molecule has 0 bridgehead atoms. The van der Waals surface area contributed by atoms with Crippen molar-refractivity contribution in [1.29, 1.82) is 0 Å². The maximum Gasteiger partial charge on any atom is 0.289 e. The van der Waals surface area contributed by atoms with E-state index in [1.54, 1.807) is 59.1 Å². The molecule has 0 aliphatic heterocycles. The van der Waals surface area contributed by atoms with Crippen molar-refractivity contribution in [3.63, 3.8) is 0 Å². The zero-order valence-electron chi connectivity index (χ0n) is 18.2. The van der Waals surface area contributed by atoms with E-state index in [-0.39, 0.29) is 16.8 Å². The maximum atomic E-state index is 12.8. The van der Waals surface area contributed by atoms with Gasteiger partial charge >= 0.3 is 0 Å². The van der Waals surface area contributed by atoms with Gasteiger partial charge in [-0.3, -0.25) is 9.59 Å². The molecule has 1 heterocycles. The van der Waals surface area contributed by atoms with Crippen LogP contribution in [0, 0.1) is 0 Å². The number of hydrogen-bond acceptors (Lipinski definition) is 5. The van der Waals surface area contributed by atoms with Crippen LogP contribution in [0.2, 0.25) is 0 Å². The third-order valence-electron chi connectivity index (χ3n) is 4.15. The summed E-state index contributed by atoms with van der Waals surface area (Å²) < 4.78 is 32.6. The van der Waals surface area contributed by atoms with Gasteiger partial charge in [-0.2, -0.15) is 0 Å². The van der Waals surface area contributed by atoms with Crippen LogP contribution < -0.4 is 4.72 Å². The fourth-order valence-corrected chi connectivity index (χ4v) is 4.10. The fraction of sp³-hybridized carbons (Fsp3) is 0.429. The number of sulfonamides is 1. The van der Waals surface area contributed by atoms with Crippen molar-refractivity contribution < 1.29 is 22.4 Å². The summed E-state index contributed by atoms with van der Waals surface area (Å²) in [6, 6.07) is 9.64. The highest BCUT2D eigenvalue weighted by atomic mass is 32.2. The lowest BCUT2D eigenvalue weighted by Gasteiger charge is -2.20. The molecule has 0 saturated heterocycles. The highest BCUT2D eigenvalue weighted by molar-refractivity contribution is 7.89. The largest absolute Gasteiger partial charge is 0.438 e. The van der Waals surface area contributed by atoms with Gasteiger partial charge in [-0.05, 0) is 57.5 Å². The molecular weight excluding hydrogens is 406 g/mol. The van der Waals surface area contributed by atoms with E-state index in [0.717, 1.165) is 5.56 Å². The van der Waals surface area contributed by atoms with Crippen LogP contribution in [-0.4, -0.2) is 56.2 Å². The molecule has 2 aromatic rings. The third kappa shape index (κ3) is 5.93. The molecule has 2 amide bonds. The second kappa shape index (κ2) is 9.01. The van der Waals surface area contributed by atoms with Crippen LogP contribution in [0.1, 0.15) is 54.2 Å². The molecule has 30 heavy (non-hydrogen) atoms. The number of hydrogen-bond donors (Lipinski definition) is 1. The fourth-order valence-electron chi connectivity index (χ4n) is 2.75. The lowest BCUT2D eigenvalue weighted by molar-refractivity contribution is 0.0714. The second-order valence-electron chi connectivity index (χ2n) is 8.19. The van der Waals surface area contributed by atoms with Crippen LogP contribution in [0.5, 0.6) is 0 Å². The summed E-state index contributed by atoms with van der Waals surface area (Å²) in [6.45, 7) is 7.68. The molecule has 0 aliphatic rings. The molecule has 9 heteroatoms. The molecule has 164 valence electrons. The van der Waals surface area contributed by atoms with Crippen molar-refractivity contribution in [1.82, 2.24) is 14.5 Å². The van der Waals surface area contributed by atoms with Gasteiger partial charge in [-0.15, -0.1) is 0 Å². The summed E-state index contributed by atoms with van der Waals surface area (Å²) in [5.74, 6) is -0.563. The van der Waals surface area contributed by atoms with Gasteiger partial charge in [0.15, 0.2) is 5.76 Å². The summed E-state index contributed by atoms with van der Waals surface area (Å²) in [6.07, 6.45) is 0. The van der Waals surface area contributed by atoms with E-state index < -0.39 is 21.5 Å². The maximum absolute atomic E-state index is 12.8. The quantitative estimate of drug-likeness (QED) is 0.721. The van der Waals surface area contributed by atoms with Gasteiger partial charge in [-0.1, -0.05) is 12.1 Å². The van der Waals surface area contributed by atoms with E-state index >= 15 is 0 Å². The number of carbonyl (C=O) groups is 2. The summed E-state index contributed by atoms with van der Waals surface area (Å²) >= 11 is 0. The topological polar surface area (TPSA) is 99.9 Å². The van der Waals surface area contributed by atoms with E-state index in [4.69, 9.17) is 4.42 Å². The first-order valence-electron chi connectivity index (χ1n) is 9.57. The molecule has 1 N–H and O–H groups in total. The Morgan fingerprint density at radius 3 is 2.10 bits per heavy atom. The molecule has 0 unspecified atom stereocenters. The molecule has 8 nitrogen and oxygen atoms in total. The Morgan fingerprint density at radius 1 is 1.00 bits per heavy atom. The number of amides is 2. The van der Waals surface area contributed by atoms with Crippen LogP contribution in [0.15, 0.2) is 45.9 Å². The van der Waals surface area contributed by atoms with Crippen LogP contribution >= 0.6 is 0 Å². The Labute approximate surface area is 177 Å². The molecule has 1 aromatic carbocycles. The number of benzene rings is 1.